The second-order valence-electron chi connectivity index (χ2n) is 4.88. The molecule has 1 N–H and O–H groups in total. The van der Waals surface area contributed by atoms with Crippen LogP contribution in [0.15, 0.2) is 42.5 Å². The van der Waals surface area contributed by atoms with Crippen LogP contribution in [-0.2, 0) is 22.3 Å². The van der Waals surface area contributed by atoms with Gasteiger partial charge in [0.15, 0.2) is 0 Å². The third-order valence-corrected chi connectivity index (χ3v) is 4.47. The van der Waals surface area contributed by atoms with Crippen LogP contribution in [0.1, 0.15) is 16.7 Å². The molecule has 24 heavy (non-hydrogen) atoms. The van der Waals surface area contributed by atoms with Crippen molar-refractivity contribution in [3.63, 3.8) is 0 Å². The van der Waals surface area contributed by atoms with E-state index in [2.05, 4.69) is 4.72 Å². The zero-order valence-electron chi connectivity index (χ0n) is 12.3. The van der Waals surface area contributed by atoms with Crippen molar-refractivity contribution in [3.05, 3.63) is 75.1 Å². The van der Waals surface area contributed by atoms with Crippen molar-refractivity contribution in [3.8, 4) is 6.07 Å². The molecule has 2 aromatic carbocycles. The summed E-state index contributed by atoms with van der Waals surface area (Å²) in [6, 6.07) is 10.9. The summed E-state index contributed by atoms with van der Waals surface area (Å²) in [4.78, 5) is 10.2. The summed E-state index contributed by atoms with van der Waals surface area (Å²) in [6.45, 7) is -0.357. The van der Waals surface area contributed by atoms with Crippen molar-refractivity contribution in [2.75, 3.05) is 0 Å². The normalized spacial score (nSPS) is 11.0. The fourth-order valence-corrected chi connectivity index (χ4v) is 3.17. The van der Waals surface area contributed by atoms with E-state index in [0.29, 0.717) is 0 Å². The molecule has 2 rings (SSSR count). The van der Waals surface area contributed by atoms with Gasteiger partial charge in [0.25, 0.3) is 5.69 Å². The van der Waals surface area contributed by atoms with Crippen LogP contribution in [0.25, 0.3) is 0 Å². The van der Waals surface area contributed by atoms with Gasteiger partial charge in [-0.3, -0.25) is 10.1 Å². The number of nitro benzene ring substituents is 1. The first-order valence-electron chi connectivity index (χ1n) is 6.70. The molecule has 0 spiro atoms. The molecule has 0 atom stereocenters. The number of hydrogen-bond donors (Lipinski definition) is 1. The third-order valence-electron chi connectivity index (χ3n) is 3.19. The predicted molar refractivity (Wildman–Crippen MR) is 83.7 cm³/mol. The Kier molecular flexibility index (Phi) is 5.23. The Balaban J connectivity index is 2.16. The van der Waals surface area contributed by atoms with Crippen LogP contribution in [0, 0.1) is 27.3 Å². The fraction of sp³-hybridized carbons (Fsp3) is 0.133. The molecule has 0 amide bonds. The van der Waals surface area contributed by atoms with Crippen LogP contribution >= 0.6 is 0 Å². The highest BCUT2D eigenvalue weighted by molar-refractivity contribution is 7.88. The van der Waals surface area contributed by atoms with Crippen LogP contribution in [0.2, 0.25) is 0 Å². The summed E-state index contributed by atoms with van der Waals surface area (Å²) < 4.78 is 40.0. The summed E-state index contributed by atoms with van der Waals surface area (Å²) in [5.74, 6) is -1.26. The number of rotatable bonds is 6. The summed E-state index contributed by atoms with van der Waals surface area (Å²) in [5, 5.41) is 19.7. The van der Waals surface area contributed by atoms with E-state index in [1.54, 1.807) is 0 Å². The lowest BCUT2D eigenvalue weighted by atomic mass is 10.1. The van der Waals surface area contributed by atoms with Crippen LogP contribution in [0.4, 0.5) is 10.1 Å². The SMILES string of the molecule is N#Cc1ccc(F)c(CNS(=O)(=O)Cc2ccccc2[N+](=O)[O-])c1. The number of para-hydroxylation sites is 1. The molecule has 0 aliphatic rings. The maximum atomic E-state index is 13.6. The van der Waals surface area contributed by atoms with Gasteiger partial charge in [0.05, 0.1) is 22.3 Å². The molecule has 2 aromatic rings. The van der Waals surface area contributed by atoms with Gasteiger partial charge >= 0.3 is 0 Å². The lowest BCUT2D eigenvalue weighted by molar-refractivity contribution is -0.385. The van der Waals surface area contributed by atoms with Crippen LogP contribution in [0.3, 0.4) is 0 Å². The van der Waals surface area contributed by atoms with Crippen molar-refractivity contribution < 1.29 is 17.7 Å². The summed E-state index contributed by atoms with van der Waals surface area (Å²) in [5.41, 5.74) is -0.0636. The Morgan fingerprint density at radius 2 is 1.92 bits per heavy atom. The number of nitrogens with one attached hydrogen (secondary N) is 1. The maximum Gasteiger partial charge on any atom is 0.273 e. The van der Waals surface area contributed by atoms with Crippen molar-refractivity contribution in [2.24, 2.45) is 0 Å². The van der Waals surface area contributed by atoms with E-state index in [9.17, 15) is 22.9 Å². The molecule has 124 valence electrons. The van der Waals surface area contributed by atoms with Crippen molar-refractivity contribution in [2.45, 2.75) is 12.3 Å². The lowest BCUT2D eigenvalue weighted by Gasteiger charge is -2.08. The van der Waals surface area contributed by atoms with Crippen LogP contribution < -0.4 is 4.72 Å². The zero-order valence-corrected chi connectivity index (χ0v) is 13.1. The van der Waals surface area contributed by atoms with E-state index in [4.69, 9.17) is 5.26 Å². The molecule has 0 saturated heterocycles. The van der Waals surface area contributed by atoms with Gasteiger partial charge in [0.1, 0.15) is 5.82 Å². The average Bonchev–Trinajstić information content (AvgIpc) is 2.54. The molecule has 0 heterocycles. The standard InChI is InChI=1S/C15H12FN3O4S/c16-14-6-5-11(8-17)7-13(14)9-18-24(22,23)10-12-3-1-2-4-15(12)19(20)21/h1-7,18H,9-10H2. The predicted octanol–water partition coefficient (Wildman–Crippen LogP) is 2.23. The molecule has 0 bridgehead atoms. The van der Waals surface area contributed by atoms with E-state index in [-0.39, 0.29) is 28.9 Å². The Bertz CT molecular complexity index is 923. The van der Waals surface area contributed by atoms with E-state index < -0.39 is 26.5 Å². The average molecular weight is 349 g/mol. The molecule has 0 unspecified atom stereocenters. The molecule has 0 radical (unpaired) electrons. The van der Waals surface area contributed by atoms with Gasteiger partial charge in [-0.15, -0.1) is 0 Å². The van der Waals surface area contributed by atoms with Crippen molar-refractivity contribution in [1.82, 2.24) is 4.72 Å². The zero-order chi connectivity index (χ0) is 17.7. The van der Waals surface area contributed by atoms with E-state index in [1.165, 1.54) is 36.4 Å². The Labute approximate surface area is 137 Å². The highest BCUT2D eigenvalue weighted by atomic mass is 32.2. The first-order chi connectivity index (χ1) is 11.3. The number of nitriles is 1. The van der Waals surface area contributed by atoms with E-state index >= 15 is 0 Å². The van der Waals surface area contributed by atoms with Crippen LogP contribution in [0.5, 0.6) is 0 Å². The minimum atomic E-state index is -3.93. The molecule has 0 aromatic heterocycles. The number of benzene rings is 2. The first kappa shape index (κ1) is 17.5. The van der Waals surface area contributed by atoms with Crippen LogP contribution in [-0.4, -0.2) is 13.3 Å². The number of hydrogen-bond acceptors (Lipinski definition) is 5. The van der Waals surface area contributed by atoms with E-state index in [1.807, 2.05) is 6.07 Å². The highest BCUT2D eigenvalue weighted by Crippen LogP contribution is 2.20. The topological polar surface area (TPSA) is 113 Å². The largest absolute Gasteiger partial charge is 0.273 e. The highest BCUT2D eigenvalue weighted by Gasteiger charge is 2.20. The second-order valence-corrected chi connectivity index (χ2v) is 6.69. The van der Waals surface area contributed by atoms with E-state index in [0.717, 1.165) is 6.07 Å². The van der Waals surface area contributed by atoms with Gasteiger partial charge in [0.2, 0.25) is 10.0 Å². The Morgan fingerprint density at radius 3 is 2.58 bits per heavy atom. The summed E-state index contributed by atoms with van der Waals surface area (Å²) in [6.07, 6.45) is 0. The van der Waals surface area contributed by atoms with Gasteiger partial charge in [-0.1, -0.05) is 18.2 Å². The number of nitro groups is 1. The molecule has 7 nitrogen and oxygen atoms in total. The van der Waals surface area contributed by atoms with Gasteiger partial charge in [-0.05, 0) is 18.2 Å². The second kappa shape index (κ2) is 7.16. The summed E-state index contributed by atoms with van der Waals surface area (Å²) in [7, 11) is -3.93. The number of sulfonamides is 1. The monoisotopic (exact) mass is 349 g/mol. The maximum absolute atomic E-state index is 13.6. The number of halogens is 1. The Morgan fingerprint density at radius 1 is 1.21 bits per heavy atom. The fourth-order valence-electron chi connectivity index (χ4n) is 2.03. The quantitative estimate of drug-likeness (QED) is 0.634. The molecular weight excluding hydrogens is 337 g/mol. The van der Waals surface area contributed by atoms with Gasteiger partial charge < -0.3 is 0 Å². The van der Waals surface area contributed by atoms with Crippen molar-refractivity contribution in [1.29, 1.82) is 5.26 Å². The molecule has 0 aliphatic heterocycles. The van der Waals surface area contributed by atoms with Gasteiger partial charge in [0, 0.05) is 23.7 Å². The molecule has 0 fully saturated rings. The smallest absolute Gasteiger partial charge is 0.258 e. The number of nitrogens with zero attached hydrogens (tertiary/aromatic N) is 2. The minimum Gasteiger partial charge on any atom is -0.258 e. The van der Waals surface area contributed by atoms with Gasteiger partial charge in [-0.25, -0.2) is 17.5 Å². The summed E-state index contributed by atoms with van der Waals surface area (Å²) >= 11 is 0. The minimum absolute atomic E-state index is 0.0141. The molecular formula is C15H12FN3O4S. The Hall–Kier alpha value is -2.83. The first-order valence-corrected chi connectivity index (χ1v) is 8.36. The van der Waals surface area contributed by atoms with Gasteiger partial charge in [-0.2, -0.15) is 5.26 Å². The van der Waals surface area contributed by atoms with Crippen molar-refractivity contribution >= 4 is 15.7 Å². The molecule has 0 aliphatic carbocycles. The lowest BCUT2D eigenvalue weighted by Crippen LogP contribution is -2.25. The molecule has 0 saturated carbocycles. The third kappa shape index (κ3) is 4.34. The molecule has 9 heteroatoms.